The predicted molar refractivity (Wildman–Crippen MR) is 80.2 cm³/mol. The Morgan fingerprint density at radius 3 is 2.06 bits per heavy atom. The van der Waals surface area contributed by atoms with E-state index in [0.717, 1.165) is 45.1 Å². The van der Waals surface area contributed by atoms with Crippen molar-refractivity contribution >= 4 is 0 Å². The van der Waals surface area contributed by atoms with Crippen LogP contribution in [0.2, 0.25) is 0 Å². The Labute approximate surface area is 113 Å². The Hall–Kier alpha value is -0.160. The highest BCUT2D eigenvalue weighted by Crippen LogP contribution is 2.21. The van der Waals surface area contributed by atoms with E-state index in [-0.39, 0.29) is 17.1 Å². The number of rotatable bonds is 10. The van der Waals surface area contributed by atoms with Crippen molar-refractivity contribution in [3.8, 4) is 0 Å². The molecule has 110 valence electrons. The fourth-order valence-electron chi connectivity index (χ4n) is 2.14. The van der Waals surface area contributed by atoms with Gasteiger partial charge in [-0.25, -0.2) is 0 Å². The maximum Gasteiger partial charge on any atom is 0.0141 e. The lowest BCUT2D eigenvalue weighted by Gasteiger charge is -2.31. The Bertz CT molecular complexity index is 208. The van der Waals surface area contributed by atoms with Gasteiger partial charge in [0.05, 0.1) is 0 Å². The van der Waals surface area contributed by atoms with Crippen LogP contribution in [0.3, 0.4) is 0 Å². The summed E-state index contributed by atoms with van der Waals surface area (Å²) in [7, 11) is 0. The molecule has 0 aromatic carbocycles. The molecule has 2 unspecified atom stereocenters. The largest absolute Gasteiger partial charge is 0.330 e. The Kier molecular flexibility index (Phi) is 8.03. The van der Waals surface area contributed by atoms with Crippen LogP contribution in [0.5, 0.6) is 0 Å². The fourth-order valence-corrected chi connectivity index (χ4v) is 2.14. The first kappa shape index (κ1) is 17.8. The molecule has 18 heavy (non-hydrogen) atoms. The quantitative estimate of drug-likeness (QED) is 0.445. The molecule has 4 heteroatoms. The van der Waals surface area contributed by atoms with Gasteiger partial charge in [0.15, 0.2) is 0 Å². The van der Waals surface area contributed by atoms with Crippen molar-refractivity contribution in [2.45, 2.75) is 82.8 Å². The van der Waals surface area contributed by atoms with Gasteiger partial charge in [-0.05, 0) is 59.4 Å². The van der Waals surface area contributed by atoms with E-state index in [0.29, 0.717) is 0 Å². The second-order valence-corrected chi connectivity index (χ2v) is 6.74. The summed E-state index contributed by atoms with van der Waals surface area (Å²) >= 11 is 0. The average Bonchev–Trinajstić information content (AvgIpc) is 2.20. The van der Waals surface area contributed by atoms with Gasteiger partial charge in [0.1, 0.15) is 0 Å². The maximum atomic E-state index is 6.30. The molecule has 8 N–H and O–H groups in total. The molecular formula is C14H34N4. The molecule has 0 fully saturated rings. The van der Waals surface area contributed by atoms with E-state index in [1.807, 2.05) is 13.8 Å². The van der Waals surface area contributed by atoms with Gasteiger partial charge in [-0.2, -0.15) is 0 Å². The lowest BCUT2D eigenvalue weighted by molar-refractivity contribution is 0.311. The summed E-state index contributed by atoms with van der Waals surface area (Å²) in [6, 6.07) is 0.193. The molecule has 4 nitrogen and oxygen atoms in total. The first-order chi connectivity index (χ1) is 8.16. The van der Waals surface area contributed by atoms with Crippen molar-refractivity contribution in [1.29, 1.82) is 0 Å². The van der Waals surface area contributed by atoms with Crippen LogP contribution in [0, 0.1) is 0 Å². The lowest BCUT2D eigenvalue weighted by Crippen LogP contribution is -2.45. The van der Waals surface area contributed by atoms with E-state index in [4.69, 9.17) is 22.9 Å². The van der Waals surface area contributed by atoms with Crippen LogP contribution in [0.4, 0.5) is 0 Å². The summed E-state index contributed by atoms with van der Waals surface area (Å²) in [5.74, 6) is 0. The zero-order chi connectivity index (χ0) is 14.2. The Morgan fingerprint density at radius 2 is 1.56 bits per heavy atom. The molecule has 0 aromatic rings. The third kappa shape index (κ3) is 11.0. The molecule has 0 aliphatic rings. The van der Waals surface area contributed by atoms with Crippen LogP contribution in [0.15, 0.2) is 0 Å². The summed E-state index contributed by atoms with van der Waals surface area (Å²) < 4.78 is 0. The topological polar surface area (TPSA) is 104 Å². The van der Waals surface area contributed by atoms with Gasteiger partial charge in [-0.3, -0.25) is 0 Å². The molecule has 0 aromatic heterocycles. The van der Waals surface area contributed by atoms with Crippen molar-refractivity contribution in [1.82, 2.24) is 0 Å². The van der Waals surface area contributed by atoms with Crippen molar-refractivity contribution < 1.29 is 0 Å². The van der Waals surface area contributed by atoms with Gasteiger partial charge in [0, 0.05) is 17.1 Å². The molecule has 0 saturated carbocycles. The fraction of sp³-hybridized carbons (Fsp3) is 1.00. The molecule has 0 bridgehead atoms. The zero-order valence-electron chi connectivity index (χ0n) is 12.5. The highest BCUT2D eigenvalue weighted by atomic mass is 14.8. The molecule has 0 amide bonds. The van der Waals surface area contributed by atoms with Crippen molar-refractivity contribution in [2.24, 2.45) is 22.9 Å². The van der Waals surface area contributed by atoms with Crippen LogP contribution < -0.4 is 22.9 Å². The van der Waals surface area contributed by atoms with Crippen LogP contribution in [-0.2, 0) is 0 Å². The summed E-state index contributed by atoms with van der Waals surface area (Å²) in [4.78, 5) is 0. The third-order valence-corrected chi connectivity index (χ3v) is 3.35. The van der Waals surface area contributed by atoms with Crippen molar-refractivity contribution in [3.05, 3.63) is 0 Å². The molecule has 0 rings (SSSR count). The number of hydrogen-bond donors (Lipinski definition) is 4. The highest BCUT2D eigenvalue weighted by Gasteiger charge is 2.24. The predicted octanol–water partition coefficient (Wildman–Crippen LogP) is 1.46. The SMILES string of the molecule is CC(C)(N)CCC(C)(N)CC(N)CCCCCN. The molecule has 2 atom stereocenters. The monoisotopic (exact) mass is 258 g/mol. The first-order valence-electron chi connectivity index (χ1n) is 7.20. The van der Waals surface area contributed by atoms with E-state index in [1.54, 1.807) is 0 Å². The van der Waals surface area contributed by atoms with Gasteiger partial charge in [0.2, 0.25) is 0 Å². The second kappa shape index (κ2) is 8.10. The van der Waals surface area contributed by atoms with Crippen molar-refractivity contribution in [2.75, 3.05) is 6.54 Å². The number of unbranched alkanes of at least 4 members (excludes halogenated alkanes) is 2. The second-order valence-electron chi connectivity index (χ2n) is 6.74. The number of hydrogen-bond acceptors (Lipinski definition) is 4. The van der Waals surface area contributed by atoms with Crippen LogP contribution in [0.25, 0.3) is 0 Å². The third-order valence-electron chi connectivity index (χ3n) is 3.35. The van der Waals surface area contributed by atoms with Gasteiger partial charge in [-0.1, -0.05) is 12.8 Å². The van der Waals surface area contributed by atoms with Crippen LogP contribution >= 0.6 is 0 Å². The smallest absolute Gasteiger partial charge is 0.0141 e. The van der Waals surface area contributed by atoms with E-state index in [1.165, 1.54) is 6.42 Å². The number of nitrogens with two attached hydrogens (primary N) is 4. The van der Waals surface area contributed by atoms with E-state index in [9.17, 15) is 0 Å². The lowest BCUT2D eigenvalue weighted by atomic mass is 9.84. The van der Waals surface area contributed by atoms with Gasteiger partial charge in [0.25, 0.3) is 0 Å². The van der Waals surface area contributed by atoms with Gasteiger partial charge in [-0.15, -0.1) is 0 Å². The molecule has 0 radical (unpaired) electrons. The first-order valence-corrected chi connectivity index (χ1v) is 7.20. The molecule has 0 aliphatic carbocycles. The van der Waals surface area contributed by atoms with E-state index >= 15 is 0 Å². The van der Waals surface area contributed by atoms with E-state index < -0.39 is 0 Å². The minimum atomic E-state index is -0.204. The minimum Gasteiger partial charge on any atom is -0.330 e. The van der Waals surface area contributed by atoms with Crippen LogP contribution in [0.1, 0.15) is 65.7 Å². The van der Waals surface area contributed by atoms with Gasteiger partial charge < -0.3 is 22.9 Å². The average molecular weight is 258 g/mol. The zero-order valence-corrected chi connectivity index (χ0v) is 12.5. The summed E-state index contributed by atoms with van der Waals surface area (Å²) in [5.41, 5.74) is 23.5. The molecular weight excluding hydrogens is 224 g/mol. The maximum absolute atomic E-state index is 6.30. The summed E-state index contributed by atoms with van der Waals surface area (Å²) in [5, 5.41) is 0. The highest BCUT2D eigenvalue weighted by molar-refractivity contribution is 4.86. The Morgan fingerprint density at radius 1 is 0.944 bits per heavy atom. The summed E-state index contributed by atoms with van der Waals surface area (Å²) in [6.07, 6.45) is 7.17. The Balaban J connectivity index is 3.85. The normalized spacial score (nSPS) is 17.5. The minimum absolute atomic E-state index is 0.147. The van der Waals surface area contributed by atoms with Crippen molar-refractivity contribution in [3.63, 3.8) is 0 Å². The van der Waals surface area contributed by atoms with Crippen LogP contribution in [-0.4, -0.2) is 23.7 Å². The van der Waals surface area contributed by atoms with E-state index in [2.05, 4.69) is 6.92 Å². The van der Waals surface area contributed by atoms with Gasteiger partial charge >= 0.3 is 0 Å². The molecule has 0 heterocycles. The molecule has 0 aliphatic heterocycles. The molecule has 0 spiro atoms. The molecule has 0 saturated heterocycles. The summed E-state index contributed by atoms with van der Waals surface area (Å²) in [6.45, 7) is 6.93. The standard InChI is InChI=1S/C14H34N4/c1-13(2,17)8-9-14(3,18)11-12(16)7-5-4-6-10-15/h12H,4-11,15-18H2,1-3H3.